The Balaban J connectivity index is 1.80. The number of fused-ring (bicyclic) bond motifs is 3. The van der Waals surface area contributed by atoms with Crippen LogP contribution < -0.4 is 0 Å². The Hall–Kier alpha value is -0.240. The summed E-state index contributed by atoms with van der Waals surface area (Å²) >= 11 is 0. The van der Waals surface area contributed by atoms with E-state index in [1.54, 1.807) is 0 Å². The minimum absolute atomic E-state index is 0.198. The van der Waals surface area contributed by atoms with E-state index in [2.05, 4.69) is 0 Å². The van der Waals surface area contributed by atoms with Crippen LogP contribution in [-0.2, 0) is 28.4 Å². The summed E-state index contributed by atoms with van der Waals surface area (Å²) in [4.78, 5) is 0. The van der Waals surface area contributed by atoms with Crippen molar-refractivity contribution in [2.75, 3.05) is 13.2 Å². The number of hydrogen-bond acceptors (Lipinski definition) is 6. The molecular weight excluding hydrogens is 264 g/mol. The Kier molecular flexibility index (Phi) is 3.60. The smallest absolute Gasteiger partial charge is 0.190 e. The molecule has 0 bridgehead atoms. The van der Waals surface area contributed by atoms with Crippen LogP contribution in [0.25, 0.3) is 0 Å². The Labute approximate surface area is 119 Å². The van der Waals surface area contributed by atoms with Gasteiger partial charge in [-0.2, -0.15) is 0 Å². The van der Waals surface area contributed by atoms with E-state index in [1.807, 2.05) is 34.6 Å². The van der Waals surface area contributed by atoms with E-state index in [4.69, 9.17) is 28.4 Å². The second-order valence-electron chi connectivity index (χ2n) is 6.37. The van der Waals surface area contributed by atoms with Crippen molar-refractivity contribution in [3.05, 3.63) is 0 Å². The summed E-state index contributed by atoms with van der Waals surface area (Å²) in [5.74, 6) is -1.31. The SMILES string of the molecule is CCOC[C@H]1O[C@@H]2OC(C)(C)O[C@@H]2[C@H]2OC(C)(C)O[C@H]21. The molecule has 0 aromatic rings. The van der Waals surface area contributed by atoms with Gasteiger partial charge >= 0.3 is 0 Å². The third kappa shape index (κ3) is 2.61. The first-order valence-electron chi connectivity index (χ1n) is 7.26. The van der Waals surface area contributed by atoms with Crippen molar-refractivity contribution >= 4 is 0 Å². The molecule has 0 spiro atoms. The van der Waals surface area contributed by atoms with E-state index in [-0.39, 0.29) is 24.4 Å². The molecule has 20 heavy (non-hydrogen) atoms. The molecular formula is C14H24O6. The van der Waals surface area contributed by atoms with Gasteiger partial charge in [0.25, 0.3) is 0 Å². The van der Waals surface area contributed by atoms with Crippen LogP contribution in [0.3, 0.4) is 0 Å². The summed E-state index contributed by atoms with van der Waals surface area (Å²) in [6.07, 6.45) is -1.31. The molecule has 0 amide bonds. The van der Waals surface area contributed by atoms with Crippen LogP contribution in [0.5, 0.6) is 0 Å². The van der Waals surface area contributed by atoms with Gasteiger partial charge in [0.15, 0.2) is 17.9 Å². The second-order valence-corrected chi connectivity index (χ2v) is 6.37. The lowest BCUT2D eigenvalue weighted by molar-refractivity contribution is -0.242. The Morgan fingerprint density at radius 3 is 2.15 bits per heavy atom. The molecule has 5 atom stereocenters. The molecule has 0 radical (unpaired) electrons. The molecule has 0 unspecified atom stereocenters. The summed E-state index contributed by atoms with van der Waals surface area (Å²) in [5.41, 5.74) is 0. The maximum Gasteiger partial charge on any atom is 0.190 e. The van der Waals surface area contributed by atoms with Gasteiger partial charge in [-0.3, -0.25) is 0 Å². The van der Waals surface area contributed by atoms with Gasteiger partial charge in [-0.15, -0.1) is 0 Å². The first-order chi connectivity index (χ1) is 9.31. The third-order valence-electron chi connectivity index (χ3n) is 3.74. The Morgan fingerprint density at radius 1 is 0.850 bits per heavy atom. The zero-order valence-electron chi connectivity index (χ0n) is 12.8. The fraction of sp³-hybridized carbons (Fsp3) is 1.00. The first-order valence-corrected chi connectivity index (χ1v) is 7.26. The van der Waals surface area contributed by atoms with E-state index in [9.17, 15) is 0 Å². The van der Waals surface area contributed by atoms with Crippen molar-refractivity contribution in [2.24, 2.45) is 0 Å². The van der Waals surface area contributed by atoms with Gasteiger partial charge in [-0.1, -0.05) is 0 Å². The van der Waals surface area contributed by atoms with Crippen LogP contribution in [0.4, 0.5) is 0 Å². The normalized spacial score (nSPS) is 45.1. The molecule has 0 aliphatic carbocycles. The van der Waals surface area contributed by atoms with Crippen molar-refractivity contribution in [3.63, 3.8) is 0 Å². The van der Waals surface area contributed by atoms with Crippen molar-refractivity contribution in [3.8, 4) is 0 Å². The molecule has 6 nitrogen and oxygen atoms in total. The lowest BCUT2D eigenvalue weighted by Gasteiger charge is -2.37. The van der Waals surface area contributed by atoms with Crippen LogP contribution in [0.2, 0.25) is 0 Å². The standard InChI is InChI=1S/C14H24O6/c1-6-15-7-8-9-10(18-13(2,3)17-9)11-12(16-8)20-14(4,5)19-11/h8-12H,6-7H2,1-5H3/t8-,9+,10+,11-,12-/m1/s1. The molecule has 3 saturated heterocycles. The Morgan fingerprint density at radius 2 is 1.45 bits per heavy atom. The van der Waals surface area contributed by atoms with Crippen molar-refractivity contribution < 1.29 is 28.4 Å². The van der Waals surface area contributed by atoms with E-state index in [1.165, 1.54) is 0 Å². The van der Waals surface area contributed by atoms with Crippen molar-refractivity contribution in [2.45, 2.75) is 76.9 Å². The molecule has 0 N–H and O–H groups in total. The highest BCUT2D eigenvalue weighted by Crippen LogP contribution is 2.44. The first kappa shape index (κ1) is 14.7. The minimum Gasteiger partial charge on any atom is -0.379 e. The molecule has 0 aromatic heterocycles. The highest BCUT2D eigenvalue weighted by Gasteiger charge is 2.60. The van der Waals surface area contributed by atoms with E-state index in [0.29, 0.717) is 13.2 Å². The van der Waals surface area contributed by atoms with Crippen molar-refractivity contribution in [1.82, 2.24) is 0 Å². The van der Waals surface area contributed by atoms with Crippen LogP contribution in [-0.4, -0.2) is 55.5 Å². The molecule has 0 aromatic carbocycles. The average Bonchev–Trinajstić information content (AvgIpc) is 2.80. The zero-order chi connectivity index (χ0) is 14.5. The fourth-order valence-electron chi connectivity index (χ4n) is 3.06. The van der Waals surface area contributed by atoms with Gasteiger partial charge in [0.05, 0.1) is 6.61 Å². The van der Waals surface area contributed by atoms with Crippen molar-refractivity contribution in [1.29, 1.82) is 0 Å². The fourth-order valence-corrected chi connectivity index (χ4v) is 3.06. The highest BCUT2D eigenvalue weighted by molar-refractivity contribution is 4.99. The predicted octanol–water partition coefficient (Wildman–Crippen LogP) is 1.42. The maximum atomic E-state index is 6.01. The highest BCUT2D eigenvalue weighted by atomic mass is 16.9. The van der Waals surface area contributed by atoms with Gasteiger partial charge in [0, 0.05) is 6.61 Å². The number of rotatable bonds is 3. The van der Waals surface area contributed by atoms with Crippen LogP contribution >= 0.6 is 0 Å². The minimum atomic E-state index is -0.670. The van der Waals surface area contributed by atoms with Gasteiger partial charge in [0.2, 0.25) is 0 Å². The lowest BCUT2D eigenvalue weighted by atomic mass is 9.99. The second kappa shape index (κ2) is 4.90. The van der Waals surface area contributed by atoms with Crippen LogP contribution in [0.15, 0.2) is 0 Å². The topological polar surface area (TPSA) is 55.4 Å². The summed E-state index contributed by atoms with van der Waals surface area (Å²) in [6, 6.07) is 0. The molecule has 116 valence electrons. The number of hydrogen-bond donors (Lipinski definition) is 0. The quantitative estimate of drug-likeness (QED) is 0.783. The van der Waals surface area contributed by atoms with E-state index >= 15 is 0 Å². The molecule has 3 aliphatic rings. The van der Waals surface area contributed by atoms with Gasteiger partial charge in [-0.05, 0) is 34.6 Å². The molecule has 3 heterocycles. The summed E-state index contributed by atoms with van der Waals surface area (Å²) in [7, 11) is 0. The largest absolute Gasteiger partial charge is 0.379 e. The van der Waals surface area contributed by atoms with Gasteiger partial charge in [0.1, 0.15) is 24.4 Å². The predicted molar refractivity (Wildman–Crippen MR) is 69.0 cm³/mol. The zero-order valence-corrected chi connectivity index (χ0v) is 12.8. The summed E-state index contributed by atoms with van der Waals surface area (Å²) < 4.78 is 35.2. The van der Waals surface area contributed by atoms with E-state index in [0.717, 1.165) is 0 Å². The molecule has 3 fully saturated rings. The molecule has 3 rings (SSSR count). The van der Waals surface area contributed by atoms with Gasteiger partial charge < -0.3 is 28.4 Å². The molecule has 3 aliphatic heterocycles. The number of ether oxygens (including phenoxy) is 6. The summed E-state index contributed by atoms with van der Waals surface area (Å²) in [6.45, 7) is 10.6. The molecule has 0 saturated carbocycles. The van der Waals surface area contributed by atoms with Gasteiger partial charge in [-0.25, -0.2) is 0 Å². The molecule has 6 heteroatoms. The van der Waals surface area contributed by atoms with Crippen LogP contribution in [0.1, 0.15) is 34.6 Å². The Bertz CT molecular complexity index is 369. The summed E-state index contributed by atoms with van der Waals surface area (Å²) in [5, 5.41) is 0. The third-order valence-corrected chi connectivity index (χ3v) is 3.74. The average molecular weight is 288 g/mol. The van der Waals surface area contributed by atoms with E-state index < -0.39 is 17.9 Å². The monoisotopic (exact) mass is 288 g/mol. The van der Waals surface area contributed by atoms with Crippen LogP contribution in [0, 0.1) is 0 Å². The lowest BCUT2D eigenvalue weighted by Crippen LogP contribution is -2.56. The maximum absolute atomic E-state index is 6.01.